The van der Waals surface area contributed by atoms with Crippen molar-refractivity contribution in [1.29, 1.82) is 0 Å². The normalized spacial score (nSPS) is 36.2. The number of ether oxygens (including phenoxy) is 1. The van der Waals surface area contributed by atoms with Crippen LogP contribution in [0.4, 0.5) is 0 Å². The Kier molecular flexibility index (Phi) is 4.63. The first-order valence-electron chi connectivity index (χ1n) is 9.36. The highest BCUT2D eigenvalue weighted by Gasteiger charge is 2.57. The van der Waals surface area contributed by atoms with Gasteiger partial charge in [0.15, 0.2) is 0 Å². The number of allylic oxidation sites excluding steroid dienone is 1. The van der Waals surface area contributed by atoms with Gasteiger partial charge in [0.25, 0.3) is 0 Å². The van der Waals surface area contributed by atoms with E-state index in [4.69, 9.17) is 4.74 Å². The lowest BCUT2D eigenvalue weighted by Gasteiger charge is -2.34. The van der Waals surface area contributed by atoms with Crippen LogP contribution in [0.5, 0.6) is 0 Å². The van der Waals surface area contributed by atoms with Crippen molar-refractivity contribution in [3.8, 4) is 0 Å². The molecule has 1 aromatic rings. The van der Waals surface area contributed by atoms with Crippen molar-refractivity contribution in [3.63, 3.8) is 0 Å². The van der Waals surface area contributed by atoms with E-state index in [1.165, 1.54) is 4.90 Å². The molecular formula is C22H26O2S. The van der Waals surface area contributed by atoms with Gasteiger partial charge in [0.05, 0.1) is 11.2 Å². The summed E-state index contributed by atoms with van der Waals surface area (Å²) in [6.07, 6.45) is 11.6. The lowest BCUT2D eigenvalue weighted by atomic mass is 9.80. The average molecular weight is 355 g/mol. The van der Waals surface area contributed by atoms with E-state index in [2.05, 4.69) is 49.1 Å². The van der Waals surface area contributed by atoms with Gasteiger partial charge in [0.2, 0.25) is 0 Å². The number of hydrogen-bond donors (Lipinski definition) is 0. The molecule has 4 atom stereocenters. The molecule has 3 heteroatoms. The van der Waals surface area contributed by atoms with Crippen molar-refractivity contribution in [2.75, 3.05) is 5.75 Å². The summed E-state index contributed by atoms with van der Waals surface area (Å²) in [5, 5.41) is 0. The van der Waals surface area contributed by atoms with Crippen LogP contribution in [0.15, 0.2) is 60.0 Å². The zero-order valence-electron chi connectivity index (χ0n) is 14.7. The number of hydrogen-bond acceptors (Lipinski definition) is 3. The molecule has 4 rings (SSSR count). The van der Waals surface area contributed by atoms with E-state index in [0.29, 0.717) is 30.5 Å². The fourth-order valence-corrected chi connectivity index (χ4v) is 6.00. The SMILES string of the molecule is C=CCC[C@]12C=C[C@@]3(CC[C@@H](CSc4ccccc4)[C@H]3CC(=O)C1)O2. The molecule has 132 valence electrons. The molecule has 0 unspecified atom stereocenters. The number of benzene rings is 1. The van der Waals surface area contributed by atoms with E-state index in [-0.39, 0.29) is 11.2 Å². The second kappa shape index (κ2) is 6.77. The predicted octanol–water partition coefficient (Wildman–Crippen LogP) is 5.20. The molecule has 1 saturated heterocycles. The number of carbonyl (C=O) groups excluding carboxylic acids is 1. The Hall–Kier alpha value is -1.32. The maximum Gasteiger partial charge on any atom is 0.136 e. The zero-order valence-corrected chi connectivity index (χ0v) is 15.5. The molecule has 2 bridgehead atoms. The highest BCUT2D eigenvalue weighted by Crippen LogP contribution is 2.55. The molecule has 0 radical (unpaired) electrons. The van der Waals surface area contributed by atoms with E-state index in [0.717, 1.165) is 31.4 Å². The van der Waals surface area contributed by atoms with E-state index in [9.17, 15) is 4.79 Å². The van der Waals surface area contributed by atoms with Crippen LogP contribution in [0.1, 0.15) is 38.5 Å². The fourth-order valence-electron chi connectivity index (χ4n) is 4.84. The minimum atomic E-state index is -0.374. The summed E-state index contributed by atoms with van der Waals surface area (Å²) < 4.78 is 6.69. The van der Waals surface area contributed by atoms with Crippen molar-refractivity contribution >= 4 is 17.5 Å². The summed E-state index contributed by atoms with van der Waals surface area (Å²) in [7, 11) is 0. The molecule has 25 heavy (non-hydrogen) atoms. The lowest BCUT2D eigenvalue weighted by Crippen LogP contribution is -2.38. The molecule has 0 N–H and O–H groups in total. The maximum atomic E-state index is 12.7. The number of thioether (sulfide) groups is 1. The van der Waals surface area contributed by atoms with Gasteiger partial charge in [-0.3, -0.25) is 4.79 Å². The summed E-state index contributed by atoms with van der Waals surface area (Å²) in [5.74, 6) is 2.32. The topological polar surface area (TPSA) is 26.3 Å². The van der Waals surface area contributed by atoms with Crippen LogP contribution >= 0.6 is 11.8 Å². The van der Waals surface area contributed by atoms with Crippen LogP contribution in [0.3, 0.4) is 0 Å². The van der Waals surface area contributed by atoms with Gasteiger partial charge in [0.1, 0.15) is 5.78 Å². The van der Waals surface area contributed by atoms with E-state index in [1.807, 2.05) is 17.8 Å². The van der Waals surface area contributed by atoms with Crippen LogP contribution in [0.25, 0.3) is 0 Å². The Morgan fingerprint density at radius 2 is 2.12 bits per heavy atom. The molecule has 2 fully saturated rings. The van der Waals surface area contributed by atoms with Crippen molar-refractivity contribution in [1.82, 2.24) is 0 Å². The quantitative estimate of drug-likeness (QED) is 0.519. The van der Waals surface area contributed by atoms with Gasteiger partial charge in [-0.25, -0.2) is 0 Å². The average Bonchev–Trinajstić information content (AvgIpc) is 3.10. The zero-order chi connectivity index (χ0) is 17.3. The Morgan fingerprint density at radius 3 is 2.92 bits per heavy atom. The summed E-state index contributed by atoms with van der Waals surface area (Å²) in [6, 6.07) is 10.6. The van der Waals surface area contributed by atoms with Crippen LogP contribution in [0.2, 0.25) is 0 Å². The van der Waals surface area contributed by atoms with Gasteiger partial charge < -0.3 is 4.74 Å². The number of Topliss-reactive ketones (excluding diaryl/α,β-unsaturated/α-hetero) is 1. The van der Waals surface area contributed by atoms with Crippen LogP contribution in [0, 0.1) is 11.8 Å². The molecule has 0 amide bonds. The van der Waals surface area contributed by atoms with Gasteiger partial charge in [-0.15, -0.1) is 18.3 Å². The Labute approximate surface area is 154 Å². The molecule has 1 saturated carbocycles. The second-order valence-electron chi connectivity index (χ2n) is 7.73. The van der Waals surface area contributed by atoms with Gasteiger partial charge in [-0.1, -0.05) is 36.4 Å². The van der Waals surface area contributed by atoms with Crippen molar-refractivity contribution in [2.45, 2.75) is 54.6 Å². The third kappa shape index (κ3) is 3.24. The Balaban J connectivity index is 1.50. The number of carbonyl (C=O) groups is 1. The molecule has 2 aliphatic heterocycles. The van der Waals surface area contributed by atoms with Crippen LogP contribution < -0.4 is 0 Å². The van der Waals surface area contributed by atoms with Gasteiger partial charge in [0, 0.05) is 29.4 Å². The summed E-state index contributed by atoms with van der Waals surface area (Å²) in [5.41, 5.74) is -0.573. The molecule has 1 aliphatic carbocycles. The highest BCUT2D eigenvalue weighted by molar-refractivity contribution is 7.99. The van der Waals surface area contributed by atoms with Crippen molar-refractivity contribution < 1.29 is 9.53 Å². The second-order valence-corrected chi connectivity index (χ2v) is 8.82. The molecule has 0 aromatic heterocycles. The maximum absolute atomic E-state index is 12.7. The number of rotatable bonds is 6. The van der Waals surface area contributed by atoms with Crippen molar-refractivity contribution in [3.05, 3.63) is 55.1 Å². The summed E-state index contributed by atoms with van der Waals surface area (Å²) in [6.45, 7) is 3.83. The molecule has 1 aromatic carbocycles. The molecular weight excluding hydrogens is 328 g/mol. The largest absolute Gasteiger partial charge is 0.360 e. The first-order valence-corrected chi connectivity index (χ1v) is 10.3. The first kappa shape index (κ1) is 17.1. The first-order chi connectivity index (χ1) is 12.1. The summed E-state index contributed by atoms with van der Waals surface area (Å²) >= 11 is 1.91. The predicted molar refractivity (Wildman–Crippen MR) is 103 cm³/mol. The monoisotopic (exact) mass is 354 g/mol. The number of fused-ring (bicyclic) bond motifs is 1. The lowest BCUT2D eigenvalue weighted by molar-refractivity contribution is -0.124. The third-order valence-electron chi connectivity index (χ3n) is 6.09. The smallest absolute Gasteiger partial charge is 0.136 e. The molecule has 2 heterocycles. The van der Waals surface area contributed by atoms with Gasteiger partial charge >= 0.3 is 0 Å². The highest BCUT2D eigenvalue weighted by atomic mass is 32.2. The fraction of sp³-hybridized carbons (Fsp3) is 0.500. The van der Waals surface area contributed by atoms with Gasteiger partial charge in [-0.05, 0) is 43.7 Å². The standard InChI is InChI=1S/C22H26O2S/c1-2-3-10-21-12-13-22(24-21)11-9-17(20(22)14-18(23)15-21)16-25-19-7-5-4-6-8-19/h2,4-8,12-13,17,20H,1,3,9-11,14-16H2/t17-,20+,21-,22+/m0/s1. The van der Waals surface area contributed by atoms with E-state index >= 15 is 0 Å². The molecule has 3 aliphatic rings. The van der Waals surface area contributed by atoms with Crippen LogP contribution in [-0.4, -0.2) is 22.7 Å². The minimum Gasteiger partial charge on any atom is -0.360 e. The minimum absolute atomic E-state index is 0.199. The van der Waals surface area contributed by atoms with Crippen molar-refractivity contribution in [2.24, 2.45) is 11.8 Å². The third-order valence-corrected chi connectivity index (χ3v) is 7.29. The summed E-state index contributed by atoms with van der Waals surface area (Å²) in [4.78, 5) is 14.0. The number of ketones is 1. The van der Waals surface area contributed by atoms with E-state index < -0.39 is 0 Å². The molecule has 1 spiro atoms. The molecule has 2 nitrogen and oxygen atoms in total. The van der Waals surface area contributed by atoms with Gasteiger partial charge in [-0.2, -0.15) is 0 Å². The Bertz CT molecular complexity index is 683. The van der Waals surface area contributed by atoms with Crippen LogP contribution in [-0.2, 0) is 9.53 Å². The van der Waals surface area contributed by atoms with E-state index in [1.54, 1.807) is 0 Å². The Morgan fingerprint density at radius 1 is 1.28 bits per heavy atom.